The highest BCUT2D eigenvalue weighted by Gasteiger charge is 2.25. The van der Waals surface area contributed by atoms with Gasteiger partial charge in [0.05, 0.1) is 6.61 Å². The van der Waals surface area contributed by atoms with Crippen LogP contribution in [0.5, 0.6) is 0 Å². The molecule has 0 radical (unpaired) electrons. The predicted octanol–water partition coefficient (Wildman–Crippen LogP) is -0.195. The number of amides is 2. The minimum atomic E-state index is -1.24. The van der Waals surface area contributed by atoms with Gasteiger partial charge in [0.1, 0.15) is 12.6 Å². The van der Waals surface area contributed by atoms with Crippen molar-refractivity contribution in [3.8, 4) is 0 Å². The highest BCUT2D eigenvalue weighted by atomic mass is 16.5. The zero-order valence-electron chi connectivity index (χ0n) is 12.0. The predicted molar refractivity (Wildman–Crippen MR) is 70.1 cm³/mol. The molecular weight excluding hydrogens is 268 g/mol. The van der Waals surface area contributed by atoms with Crippen molar-refractivity contribution in [1.29, 1.82) is 0 Å². The van der Waals surface area contributed by atoms with Crippen LogP contribution in [-0.4, -0.2) is 64.9 Å². The van der Waals surface area contributed by atoms with Crippen LogP contribution in [0.15, 0.2) is 0 Å². The highest BCUT2D eigenvalue weighted by molar-refractivity contribution is 5.85. The van der Waals surface area contributed by atoms with Crippen molar-refractivity contribution in [2.24, 2.45) is 0 Å². The second-order valence-electron chi connectivity index (χ2n) is 4.38. The SMILES string of the molecule is CCOC(=O)CN(C(=O)N[C@@H](CCO)C(=O)O)C(C)C. The third-order valence-corrected chi connectivity index (χ3v) is 2.50. The lowest BCUT2D eigenvalue weighted by Gasteiger charge is -2.27. The Bertz CT molecular complexity index is 345. The zero-order valence-corrected chi connectivity index (χ0v) is 12.0. The Balaban J connectivity index is 4.71. The molecular formula is C12H22N2O6. The van der Waals surface area contributed by atoms with Gasteiger partial charge in [0.15, 0.2) is 0 Å². The Labute approximate surface area is 117 Å². The summed E-state index contributed by atoms with van der Waals surface area (Å²) in [4.78, 5) is 35.5. The summed E-state index contributed by atoms with van der Waals surface area (Å²) in [6.45, 7) is 4.62. The molecule has 0 spiro atoms. The van der Waals surface area contributed by atoms with E-state index in [0.717, 1.165) is 0 Å². The number of nitrogens with one attached hydrogen (secondary N) is 1. The average Bonchev–Trinajstić information content (AvgIpc) is 2.35. The number of hydrogen-bond donors (Lipinski definition) is 3. The second kappa shape index (κ2) is 9.13. The van der Waals surface area contributed by atoms with Gasteiger partial charge in [0.2, 0.25) is 0 Å². The van der Waals surface area contributed by atoms with Gasteiger partial charge in [0.25, 0.3) is 0 Å². The number of aliphatic hydroxyl groups is 1. The van der Waals surface area contributed by atoms with E-state index in [1.165, 1.54) is 4.90 Å². The first-order valence-corrected chi connectivity index (χ1v) is 6.39. The summed E-state index contributed by atoms with van der Waals surface area (Å²) in [5.41, 5.74) is 0. The van der Waals surface area contributed by atoms with Crippen LogP contribution in [-0.2, 0) is 14.3 Å². The molecule has 0 rings (SSSR count). The summed E-state index contributed by atoms with van der Waals surface area (Å²) in [6.07, 6.45) is -0.105. The molecule has 0 fully saturated rings. The minimum absolute atomic E-state index is 0.105. The van der Waals surface area contributed by atoms with Crippen molar-refractivity contribution < 1.29 is 29.3 Å². The molecule has 8 nitrogen and oxygen atoms in total. The van der Waals surface area contributed by atoms with E-state index >= 15 is 0 Å². The molecule has 2 amide bonds. The first-order chi connectivity index (χ1) is 9.33. The Morgan fingerprint density at radius 2 is 1.90 bits per heavy atom. The smallest absolute Gasteiger partial charge is 0.326 e. The lowest BCUT2D eigenvalue weighted by Crippen LogP contribution is -2.52. The monoisotopic (exact) mass is 290 g/mol. The standard InChI is InChI=1S/C12H22N2O6/c1-4-20-10(16)7-14(8(2)3)12(19)13-9(5-6-15)11(17)18/h8-9,15H,4-7H2,1-3H3,(H,13,19)(H,17,18)/t9-/m0/s1. The fraction of sp³-hybridized carbons (Fsp3) is 0.750. The number of hydrogen-bond acceptors (Lipinski definition) is 5. The molecule has 0 aromatic heterocycles. The molecule has 0 unspecified atom stereocenters. The van der Waals surface area contributed by atoms with Gasteiger partial charge in [-0.3, -0.25) is 4.79 Å². The Hall–Kier alpha value is -1.83. The van der Waals surface area contributed by atoms with Gasteiger partial charge in [-0.25, -0.2) is 9.59 Å². The van der Waals surface area contributed by atoms with E-state index in [1.54, 1.807) is 20.8 Å². The van der Waals surface area contributed by atoms with E-state index in [9.17, 15) is 14.4 Å². The van der Waals surface area contributed by atoms with Crippen LogP contribution in [0.2, 0.25) is 0 Å². The highest BCUT2D eigenvalue weighted by Crippen LogP contribution is 2.02. The first-order valence-electron chi connectivity index (χ1n) is 6.39. The van der Waals surface area contributed by atoms with E-state index in [0.29, 0.717) is 0 Å². The average molecular weight is 290 g/mol. The summed E-state index contributed by atoms with van der Waals surface area (Å²) in [5, 5.41) is 19.9. The topological polar surface area (TPSA) is 116 Å². The van der Waals surface area contributed by atoms with E-state index in [1.807, 2.05) is 0 Å². The van der Waals surface area contributed by atoms with E-state index in [-0.39, 0.29) is 32.2 Å². The van der Waals surface area contributed by atoms with Crippen molar-refractivity contribution in [2.45, 2.75) is 39.3 Å². The second-order valence-corrected chi connectivity index (χ2v) is 4.38. The summed E-state index contributed by atoms with van der Waals surface area (Å²) in [6, 6.07) is -2.19. The van der Waals surface area contributed by atoms with Crippen LogP contribution in [0, 0.1) is 0 Å². The molecule has 0 aliphatic rings. The van der Waals surface area contributed by atoms with Crippen LogP contribution in [0.25, 0.3) is 0 Å². The molecule has 0 aromatic carbocycles. The quantitative estimate of drug-likeness (QED) is 0.533. The normalized spacial score (nSPS) is 11.8. The van der Waals surface area contributed by atoms with Gasteiger partial charge in [-0.15, -0.1) is 0 Å². The minimum Gasteiger partial charge on any atom is -0.480 e. The number of esters is 1. The van der Waals surface area contributed by atoms with Crippen molar-refractivity contribution in [1.82, 2.24) is 10.2 Å². The summed E-state index contributed by atoms with van der Waals surface area (Å²) in [7, 11) is 0. The fourth-order valence-electron chi connectivity index (χ4n) is 1.45. The maximum absolute atomic E-state index is 12.0. The molecule has 116 valence electrons. The molecule has 0 aliphatic heterocycles. The number of ether oxygens (including phenoxy) is 1. The largest absolute Gasteiger partial charge is 0.480 e. The molecule has 0 bridgehead atoms. The summed E-state index contributed by atoms with van der Waals surface area (Å²) < 4.78 is 4.76. The van der Waals surface area contributed by atoms with Gasteiger partial charge in [-0.2, -0.15) is 0 Å². The fourth-order valence-corrected chi connectivity index (χ4v) is 1.45. The lowest BCUT2D eigenvalue weighted by atomic mass is 10.2. The number of urea groups is 1. The zero-order chi connectivity index (χ0) is 15.7. The van der Waals surface area contributed by atoms with Gasteiger partial charge in [-0.05, 0) is 20.8 Å². The number of carboxylic acid groups (broad SMARTS) is 1. The molecule has 0 saturated carbocycles. The molecule has 0 saturated heterocycles. The van der Waals surface area contributed by atoms with Crippen LogP contribution >= 0.6 is 0 Å². The number of carbonyl (C=O) groups is 3. The van der Waals surface area contributed by atoms with Crippen molar-refractivity contribution >= 4 is 18.0 Å². The number of carboxylic acids is 1. The van der Waals surface area contributed by atoms with Gasteiger partial charge in [-0.1, -0.05) is 0 Å². The molecule has 0 heterocycles. The number of aliphatic carboxylic acids is 1. The maximum atomic E-state index is 12.0. The van der Waals surface area contributed by atoms with Gasteiger partial charge < -0.3 is 25.2 Å². The van der Waals surface area contributed by atoms with Crippen LogP contribution in [0.1, 0.15) is 27.2 Å². The Morgan fingerprint density at radius 3 is 2.30 bits per heavy atom. The lowest BCUT2D eigenvalue weighted by molar-refractivity contribution is -0.144. The Kier molecular flexibility index (Phi) is 8.30. The molecule has 1 atom stereocenters. The van der Waals surface area contributed by atoms with Gasteiger partial charge >= 0.3 is 18.0 Å². The van der Waals surface area contributed by atoms with Crippen LogP contribution in [0.3, 0.4) is 0 Å². The maximum Gasteiger partial charge on any atom is 0.326 e. The van der Waals surface area contributed by atoms with Crippen molar-refractivity contribution in [3.63, 3.8) is 0 Å². The number of nitrogens with zero attached hydrogens (tertiary/aromatic N) is 1. The number of aliphatic hydroxyl groups excluding tert-OH is 1. The first kappa shape index (κ1) is 18.2. The third-order valence-electron chi connectivity index (χ3n) is 2.50. The van der Waals surface area contributed by atoms with E-state index in [2.05, 4.69) is 5.32 Å². The summed E-state index contributed by atoms with van der Waals surface area (Å²) in [5.74, 6) is -1.81. The van der Waals surface area contributed by atoms with E-state index < -0.39 is 24.0 Å². The molecule has 0 aromatic rings. The molecule has 0 aliphatic carbocycles. The van der Waals surface area contributed by atoms with Crippen molar-refractivity contribution in [2.75, 3.05) is 19.8 Å². The molecule has 8 heteroatoms. The van der Waals surface area contributed by atoms with Crippen LogP contribution in [0.4, 0.5) is 4.79 Å². The van der Waals surface area contributed by atoms with E-state index in [4.69, 9.17) is 14.9 Å². The van der Waals surface area contributed by atoms with Crippen LogP contribution < -0.4 is 5.32 Å². The van der Waals surface area contributed by atoms with Crippen molar-refractivity contribution in [3.05, 3.63) is 0 Å². The third kappa shape index (κ3) is 6.37. The molecule has 20 heavy (non-hydrogen) atoms. The van der Waals surface area contributed by atoms with Gasteiger partial charge in [0, 0.05) is 19.1 Å². The number of rotatable bonds is 8. The Morgan fingerprint density at radius 1 is 1.30 bits per heavy atom. The molecule has 3 N–H and O–H groups in total. The number of carbonyl (C=O) groups excluding carboxylic acids is 2. The summed E-state index contributed by atoms with van der Waals surface area (Å²) >= 11 is 0.